The zero-order valence-corrected chi connectivity index (χ0v) is 16.7. The van der Waals surface area contributed by atoms with Crippen molar-refractivity contribution in [1.29, 1.82) is 0 Å². The minimum absolute atomic E-state index is 0. The smallest absolute Gasteiger partial charge is 0.542 e. The number of hydrogen-bond donors (Lipinski definition) is 4. The van der Waals surface area contributed by atoms with E-state index in [1.54, 1.807) is 0 Å². The standard InChI is InChI=1S/C7H13NO2.C7H10O3.CH2O2.H3N.Na/c2*8-6(7(9)10)5-3-1-2-4-5;2-1-3;;/h5-6H,1-4,8H2,(H,9,10);5H,1-4H2,(H,9,10);1H,(H,2,3);1H3;/q;;;;+1/p-1/t6-;;;;/m0..../s1. The summed E-state index contributed by atoms with van der Waals surface area (Å²) in [6.45, 7) is -0.250. The molecule has 0 saturated heterocycles. The third-order valence-electron chi connectivity index (χ3n) is 4.12. The average molecular weight is 370 g/mol. The van der Waals surface area contributed by atoms with Crippen molar-refractivity contribution in [2.24, 2.45) is 17.6 Å². The zero-order valence-electron chi connectivity index (χ0n) is 14.7. The molecule has 2 saturated carbocycles. The molecule has 0 heterocycles. The fraction of sp³-hybridized carbons (Fsp3) is 0.733. The van der Waals surface area contributed by atoms with Crippen LogP contribution in [0.1, 0.15) is 51.4 Å². The molecule has 25 heavy (non-hydrogen) atoms. The molecule has 0 bridgehead atoms. The van der Waals surface area contributed by atoms with E-state index >= 15 is 0 Å². The minimum atomic E-state index is -1.52. The second-order valence-corrected chi connectivity index (χ2v) is 5.65. The first-order chi connectivity index (χ1) is 10.8. The molecule has 10 heteroatoms. The first kappa shape index (κ1) is 28.8. The number of Topliss-reactive ketones (excluding diaryl/α,β-unsaturated/α-hetero) is 1. The molecule has 1 atom stereocenters. The van der Waals surface area contributed by atoms with Crippen LogP contribution in [0.3, 0.4) is 0 Å². The van der Waals surface area contributed by atoms with E-state index in [1.165, 1.54) is 0 Å². The SMILES string of the molecule is N.N[C@H](C(=O)O)C1CCCC1.O=C([O-])C(=O)C1CCCC1.O=CO.[Na+]. The van der Waals surface area contributed by atoms with Gasteiger partial charge in [-0.2, -0.15) is 0 Å². The summed E-state index contributed by atoms with van der Waals surface area (Å²) in [5.74, 6) is -3.10. The van der Waals surface area contributed by atoms with Gasteiger partial charge in [0.1, 0.15) is 12.0 Å². The molecule has 0 aromatic rings. The number of hydrogen-bond acceptors (Lipinski definition) is 7. The minimum Gasteiger partial charge on any atom is -0.542 e. The van der Waals surface area contributed by atoms with Gasteiger partial charge in [-0.05, 0) is 31.6 Å². The van der Waals surface area contributed by atoms with Crippen molar-refractivity contribution in [3.63, 3.8) is 0 Å². The normalized spacial score (nSPS) is 17.3. The molecule has 7 N–H and O–H groups in total. The van der Waals surface area contributed by atoms with Gasteiger partial charge in [-0.1, -0.05) is 25.7 Å². The van der Waals surface area contributed by atoms with Crippen molar-refractivity contribution in [2.45, 2.75) is 57.4 Å². The van der Waals surface area contributed by atoms with Crippen molar-refractivity contribution in [1.82, 2.24) is 6.15 Å². The Labute approximate surface area is 169 Å². The number of carbonyl (C=O) groups is 4. The number of aliphatic carboxylic acids is 2. The van der Waals surface area contributed by atoms with Gasteiger partial charge in [0.2, 0.25) is 0 Å². The summed E-state index contributed by atoms with van der Waals surface area (Å²) in [5, 5.41) is 25.4. The van der Waals surface area contributed by atoms with Gasteiger partial charge in [-0.3, -0.25) is 14.4 Å². The van der Waals surface area contributed by atoms with Gasteiger partial charge in [0.25, 0.3) is 6.47 Å². The van der Waals surface area contributed by atoms with E-state index in [9.17, 15) is 19.5 Å². The molecule has 0 unspecified atom stereocenters. The van der Waals surface area contributed by atoms with Gasteiger partial charge in [-0.15, -0.1) is 0 Å². The first-order valence-corrected chi connectivity index (χ1v) is 7.66. The number of rotatable bonds is 4. The Balaban J connectivity index is -0.000000313. The summed E-state index contributed by atoms with van der Waals surface area (Å²) < 4.78 is 0. The zero-order chi connectivity index (χ0) is 17.8. The summed E-state index contributed by atoms with van der Waals surface area (Å²) in [6.07, 6.45) is 7.69. The van der Waals surface area contributed by atoms with Crippen LogP contribution in [0.25, 0.3) is 0 Å². The maximum atomic E-state index is 10.7. The molecule has 0 radical (unpaired) electrons. The van der Waals surface area contributed by atoms with E-state index in [1.807, 2.05) is 0 Å². The van der Waals surface area contributed by atoms with Crippen LogP contribution >= 0.6 is 0 Å². The van der Waals surface area contributed by atoms with Crippen LogP contribution < -0.4 is 46.5 Å². The Kier molecular flexibility index (Phi) is 19.0. The molecule has 0 amide bonds. The molecular formula is C15H27N2NaO7. The van der Waals surface area contributed by atoms with Crippen LogP contribution in [0.15, 0.2) is 0 Å². The fourth-order valence-electron chi connectivity index (χ4n) is 2.87. The molecular weight excluding hydrogens is 343 g/mol. The van der Waals surface area contributed by atoms with E-state index in [2.05, 4.69) is 0 Å². The molecule has 0 aliphatic heterocycles. The molecule has 0 aromatic heterocycles. The number of carbonyl (C=O) groups excluding carboxylic acids is 2. The van der Waals surface area contributed by atoms with Gasteiger partial charge in [0, 0.05) is 5.92 Å². The van der Waals surface area contributed by atoms with Crippen LogP contribution in [0.4, 0.5) is 0 Å². The Hall–Kier alpha value is -1.000. The predicted octanol–water partition coefficient (Wildman–Crippen LogP) is -3.05. The summed E-state index contributed by atoms with van der Waals surface area (Å²) >= 11 is 0. The molecule has 2 aliphatic carbocycles. The van der Waals surface area contributed by atoms with Crippen molar-refractivity contribution in [3.8, 4) is 0 Å². The molecule has 0 spiro atoms. The number of nitrogens with two attached hydrogens (primary N) is 1. The summed E-state index contributed by atoms with van der Waals surface area (Å²) in [6, 6.07) is -0.623. The monoisotopic (exact) mass is 370 g/mol. The van der Waals surface area contributed by atoms with Gasteiger partial charge in [0.15, 0.2) is 5.78 Å². The Morgan fingerprint density at radius 3 is 1.72 bits per heavy atom. The summed E-state index contributed by atoms with van der Waals surface area (Å²) in [7, 11) is 0. The molecule has 140 valence electrons. The number of carboxylic acid groups (broad SMARTS) is 3. The molecule has 9 nitrogen and oxygen atoms in total. The quantitative estimate of drug-likeness (QED) is 0.226. The van der Waals surface area contributed by atoms with Crippen molar-refractivity contribution in [2.75, 3.05) is 0 Å². The second kappa shape index (κ2) is 16.5. The predicted molar refractivity (Wildman–Crippen MR) is 83.3 cm³/mol. The average Bonchev–Trinajstić information content (AvgIpc) is 3.20. The van der Waals surface area contributed by atoms with E-state index in [0.717, 1.165) is 51.4 Å². The fourth-order valence-corrected chi connectivity index (χ4v) is 2.87. The molecule has 0 aromatic carbocycles. The third-order valence-corrected chi connectivity index (χ3v) is 4.12. The number of ketones is 1. The maximum absolute atomic E-state index is 10.7. The van der Waals surface area contributed by atoms with Gasteiger partial charge in [-0.25, -0.2) is 0 Å². The molecule has 2 aliphatic rings. The van der Waals surface area contributed by atoms with Crippen molar-refractivity contribution in [3.05, 3.63) is 0 Å². The summed E-state index contributed by atoms with van der Waals surface area (Å²) in [4.78, 5) is 39.4. The van der Waals surface area contributed by atoms with E-state index in [-0.39, 0.29) is 54.0 Å². The van der Waals surface area contributed by atoms with Crippen LogP contribution in [-0.4, -0.2) is 40.4 Å². The molecule has 2 fully saturated rings. The van der Waals surface area contributed by atoms with E-state index < -0.39 is 23.8 Å². The Morgan fingerprint density at radius 1 is 1.04 bits per heavy atom. The second-order valence-electron chi connectivity index (χ2n) is 5.65. The van der Waals surface area contributed by atoms with Gasteiger partial charge >= 0.3 is 35.5 Å². The molecule has 2 rings (SSSR count). The van der Waals surface area contributed by atoms with Crippen LogP contribution in [0.5, 0.6) is 0 Å². The summed E-state index contributed by atoms with van der Waals surface area (Å²) in [5.41, 5.74) is 5.42. The Morgan fingerprint density at radius 2 is 1.40 bits per heavy atom. The van der Waals surface area contributed by atoms with Crippen LogP contribution in [0, 0.1) is 11.8 Å². The van der Waals surface area contributed by atoms with Crippen molar-refractivity contribution < 1.29 is 64.1 Å². The maximum Gasteiger partial charge on any atom is 1.00 e. The first-order valence-electron chi connectivity index (χ1n) is 7.66. The largest absolute Gasteiger partial charge is 1.00 e. The number of carboxylic acids is 2. The van der Waals surface area contributed by atoms with Crippen LogP contribution in [-0.2, 0) is 19.2 Å². The van der Waals surface area contributed by atoms with Gasteiger partial charge < -0.3 is 32.0 Å². The topological polar surface area (TPSA) is 193 Å². The van der Waals surface area contributed by atoms with Crippen molar-refractivity contribution >= 4 is 24.2 Å². The van der Waals surface area contributed by atoms with Gasteiger partial charge in [0.05, 0.1) is 0 Å². The van der Waals surface area contributed by atoms with E-state index in [4.69, 9.17) is 20.7 Å². The van der Waals surface area contributed by atoms with E-state index in [0.29, 0.717) is 0 Å². The Bertz CT molecular complexity index is 409. The third kappa shape index (κ3) is 12.1. The van der Waals surface area contributed by atoms with Crippen LogP contribution in [0.2, 0.25) is 0 Å².